The van der Waals surface area contributed by atoms with Gasteiger partial charge in [-0.25, -0.2) is 13.1 Å². The van der Waals surface area contributed by atoms with E-state index in [4.69, 9.17) is 15.1 Å². The first-order chi connectivity index (χ1) is 10.3. The van der Waals surface area contributed by atoms with Crippen LogP contribution in [0.2, 0.25) is 0 Å². The van der Waals surface area contributed by atoms with Crippen molar-refractivity contribution in [3.05, 3.63) is 35.9 Å². The normalized spacial score (nSPS) is 19.1. The molecule has 3 heterocycles. The topological polar surface area (TPSA) is 85.4 Å². The number of furan rings is 1. The molecular formula is C13H14ClN3O4S. The molecule has 1 aliphatic rings. The molecule has 0 radical (unpaired) electrons. The van der Waals surface area contributed by atoms with Crippen LogP contribution in [0.5, 0.6) is 0 Å². The third-order valence-corrected chi connectivity index (χ3v) is 5.43. The van der Waals surface area contributed by atoms with Gasteiger partial charge in [0.1, 0.15) is 29.1 Å². The molecule has 0 N–H and O–H groups in total. The van der Waals surface area contributed by atoms with Gasteiger partial charge in [0.25, 0.3) is 0 Å². The maximum atomic E-state index is 12.1. The third-order valence-electron chi connectivity index (χ3n) is 3.56. The Balaban J connectivity index is 1.84. The van der Waals surface area contributed by atoms with Gasteiger partial charge < -0.3 is 4.42 Å². The maximum absolute atomic E-state index is 12.1. The molecule has 0 aromatic carbocycles. The highest BCUT2D eigenvalue weighted by molar-refractivity contribution is 8.14. The molecule has 1 unspecified atom stereocenters. The van der Waals surface area contributed by atoms with Gasteiger partial charge in [-0.05, 0) is 19.1 Å². The van der Waals surface area contributed by atoms with Gasteiger partial charge in [-0.3, -0.25) is 9.69 Å². The van der Waals surface area contributed by atoms with E-state index in [1.807, 2.05) is 19.1 Å². The monoisotopic (exact) mass is 343 g/mol. The van der Waals surface area contributed by atoms with Gasteiger partial charge in [0, 0.05) is 29.7 Å². The Morgan fingerprint density at radius 1 is 1.41 bits per heavy atom. The van der Waals surface area contributed by atoms with Crippen molar-refractivity contribution in [1.82, 2.24) is 9.78 Å². The summed E-state index contributed by atoms with van der Waals surface area (Å²) in [4.78, 5) is 13.5. The van der Waals surface area contributed by atoms with Gasteiger partial charge in [0.2, 0.25) is 15.0 Å². The summed E-state index contributed by atoms with van der Waals surface area (Å²) < 4.78 is 29.9. The van der Waals surface area contributed by atoms with Crippen LogP contribution in [-0.2, 0) is 20.4 Å². The van der Waals surface area contributed by atoms with Crippen LogP contribution in [-0.4, -0.2) is 35.9 Å². The second-order valence-corrected chi connectivity index (χ2v) is 8.07. The SMILES string of the molecule is Cc1ccc(Cn2nccc2N2CC(S(=O)(=O)Cl)CC2=O)o1. The molecule has 0 spiro atoms. The van der Waals surface area contributed by atoms with Crippen molar-refractivity contribution in [3.8, 4) is 0 Å². The van der Waals surface area contributed by atoms with Crippen molar-refractivity contribution in [3.63, 3.8) is 0 Å². The molecule has 3 rings (SSSR count). The summed E-state index contributed by atoms with van der Waals surface area (Å²) in [6, 6.07) is 5.34. The molecule has 2 aromatic rings. The molecule has 1 saturated heterocycles. The van der Waals surface area contributed by atoms with Gasteiger partial charge in [0.15, 0.2) is 0 Å². The Bertz CT molecular complexity index is 811. The number of anilines is 1. The van der Waals surface area contributed by atoms with Crippen LogP contribution in [0, 0.1) is 6.92 Å². The van der Waals surface area contributed by atoms with E-state index in [0.29, 0.717) is 18.1 Å². The van der Waals surface area contributed by atoms with Gasteiger partial charge in [-0.15, -0.1) is 0 Å². The second kappa shape index (κ2) is 5.44. The number of halogens is 1. The van der Waals surface area contributed by atoms with E-state index < -0.39 is 14.3 Å². The van der Waals surface area contributed by atoms with Crippen molar-refractivity contribution in [2.45, 2.75) is 25.1 Å². The summed E-state index contributed by atoms with van der Waals surface area (Å²) in [7, 11) is 1.59. The van der Waals surface area contributed by atoms with Crippen LogP contribution in [0.3, 0.4) is 0 Å². The van der Waals surface area contributed by atoms with Crippen LogP contribution in [0.1, 0.15) is 17.9 Å². The molecule has 1 atom stereocenters. The van der Waals surface area contributed by atoms with E-state index in [9.17, 15) is 13.2 Å². The Labute approximate surface area is 131 Å². The van der Waals surface area contributed by atoms with Crippen molar-refractivity contribution in [2.24, 2.45) is 0 Å². The van der Waals surface area contributed by atoms with Gasteiger partial charge in [0.05, 0.1) is 6.20 Å². The first-order valence-electron chi connectivity index (χ1n) is 6.65. The molecule has 1 amide bonds. The fourth-order valence-corrected chi connectivity index (χ4v) is 3.51. The molecule has 1 aliphatic heterocycles. The highest BCUT2D eigenvalue weighted by Crippen LogP contribution is 2.27. The number of carbonyl (C=O) groups is 1. The van der Waals surface area contributed by atoms with E-state index in [0.717, 1.165) is 5.76 Å². The van der Waals surface area contributed by atoms with Crippen LogP contribution in [0.4, 0.5) is 5.82 Å². The molecule has 0 aliphatic carbocycles. The number of aryl methyl sites for hydroxylation is 1. The molecular weight excluding hydrogens is 330 g/mol. The number of rotatable bonds is 4. The van der Waals surface area contributed by atoms with Crippen LogP contribution >= 0.6 is 10.7 Å². The summed E-state index contributed by atoms with van der Waals surface area (Å²) in [5.74, 6) is 1.73. The third kappa shape index (κ3) is 2.89. The van der Waals surface area contributed by atoms with Crippen LogP contribution < -0.4 is 4.90 Å². The smallest absolute Gasteiger partial charge is 0.237 e. The minimum atomic E-state index is -3.77. The lowest BCUT2D eigenvalue weighted by molar-refractivity contribution is -0.117. The first-order valence-corrected chi connectivity index (χ1v) is 9.03. The summed E-state index contributed by atoms with van der Waals surface area (Å²) in [5, 5.41) is 3.27. The lowest BCUT2D eigenvalue weighted by Crippen LogP contribution is -2.29. The number of aromatic nitrogens is 2. The molecule has 0 bridgehead atoms. The molecule has 118 valence electrons. The fourth-order valence-electron chi connectivity index (χ4n) is 2.48. The number of carbonyl (C=O) groups excluding carboxylic acids is 1. The lowest BCUT2D eigenvalue weighted by atomic mass is 10.4. The van der Waals surface area contributed by atoms with Crippen molar-refractivity contribution < 1.29 is 17.6 Å². The Hall–Kier alpha value is -1.80. The zero-order chi connectivity index (χ0) is 15.9. The standard InChI is InChI=1S/C13H14ClN3O4S/c1-9-2-3-10(21-9)7-17-12(4-5-15-17)16-8-11(6-13(16)18)22(14,19)20/h2-5,11H,6-8H2,1H3. The summed E-state index contributed by atoms with van der Waals surface area (Å²) in [6.07, 6.45) is 1.44. The summed E-state index contributed by atoms with van der Waals surface area (Å²) in [6.45, 7) is 2.24. The van der Waals surface area contributed by atoms with Crippen molar-refractivity contribution >= 4 is 31.5 Å². The molecule has 7 nitrogen and oxygen atoms in total. The molecule has 2 aromatic heterocycles. The zero-order valence-electron chi connectivity index (χ0n) is 11.8. The molecule has 9 heteroatoms. The highest BCUT2D eigenvalue weighted by atomic mass is 35.7. The quantitative estimate of drug-likeness (QED) is 0.785. The van der Waals surface area contributed by atoms with Crippen LogP contribution in [0.15, 0.2) is 28.8 Å². The van der Waals surface area contributed by atoms with E-state index in [1.165, 1.54) is 4.90 Å². The van der Waals surface area contributed by atoms with E-state index in [1.54, 1.807) is 16.9 Å². The summed E-state index contributed by atoms with van der Waals surface area (Å²) >= 11 is 0. The number of hydrogen-bond donors (Lipinski definition) is 0. The number of hydrogen-bond acceptors (Lipinski definition) is 5. The van der Waals surface area contributed by atoms with Crippen molar-refractivity contribution in [2.75, 3.05) is 11.4 Å². The molecule has 1 fully saturated rings. The van der Waals surface area contributed by atoms with Crippen LogP contribution in [0.25, 0.3) is 0 Å². The number of amides is 1. The minimum Gasteiger partial charge on any atom is -0.464 e. The van der Waals surface area contributed by atoms with E-state index in [2.05, 4.69) is 5.10 Å². The van der Waals surface area contributed by atoms with Gasteiger partial charge in [-0.2, -0.15) is 5.10 Å². The Morgan fingerprint density at radius 3 is 2.77 bits per heavy atom. The largest absolute Gasteiger partial charge is 0.464 e. The van der Waals surface area contributed by atoms with Crippen molar-refractivity contribution in [1.29, 1.82) is 0 Å². The van der Waals surface area contributed by atoms with Gasteiger partial charge >= 0.3 is 0 Å². The fraction of sp³-hybridized carbons (Fsp3) is 0.385. The predicted molar refractivity (Wildman–Crippen MR) is 80.3 cm³/mol. The van der Waals surface area contributed by atoms with Gasteiger partial charge in [-0.1, -0.05) is 0 Å². The number of nitrogens with zero attached hydrogens (tertiary/aromatic N) is 3. The Morgan fingerprint density at radius 2 is 2.18 bits per heavy atom. The Kier molecular flexibility index (Phi) is 3.73. The zero-order valence-corrected chi connectivity index (χ0v) is 13.3. The van der Waals surface area contributed by atoms with E-state index >= 15 is 0 Å². The second-order valence-electron chi connectivity index (χ2n) is 5.17. The maximum Gasteiger partial charge on any atom is 0.237 e. The molecule has 22 heavy (non-hydrogen) atoms. The molecule has 0 saturated carbocycles. The first kappa shape index (κ1) is 15.1. The van der Waals surface area contributed by atoms with E-state index in [-0.39, 0.29) is 18.9 Å². The minimum absolute atomic E-state index is 0.0353. The highest BCUT2D eigenvalue weighted by Gasteiger charge is 2.39. The lowest BCUT2D eigenvalue weighted by Gasteiger charge is -2.17. The predicted octanol–water partition coefficient (Wildman–Crippen LogP) is 1.51. The summed E-state index contributed by atoms with van der Waals surface area (Å²) in [5.41, 5.74) is 0. The average molecular weight is 344 g/mol. The average Bonchev–Trinajstić information content (AvgIpc) is 3.10.